The summed E-state index contributed by atoms with van der Waals surface area (Å²) in [7, 11) is 2.02. The van der Waals surface area contributed by atoms with Crippen molar-refractivity contribution < 1.29 is 4.74 Å². The lowest BCUT2D eigenvalue weighted by atomic mass is 10.2. The van der Waals surface area contributed by atoms with Gasteiger partial charge in [0.2, 0.25) is 0 Å². The summed E-state index contributed by atoms with van der Waals surface area (Å²) < 4.78 is 5.59. The normalized spacial score (nSPS) is 19.8. The minimum Gasteiger partial charge on any atom is -0.376 e. The summed E-state index contributed by atoms with van der Waals surface area (Å²) in [5.74, 6) is 6.91. The van der Waals surface area contributed by atoms with E-state index < -0.39 is 0 Å². The Morgan fingerprint density at radius 2 is 2.50 bits per heavy atom. The maximum Gasteiger partial charge on any atom is 0.142 e. The number of pyridine rings is 1. The number of nitrogens with one attached hydrogen (secondary N) is 1. The van der Waals surface area contributed by atoms with Crippen LogP contribution >= 0.6 is 0 Å². The van der Waals surface area contributed by atoms with Crippen molar-refractivity contribution in [1.29, 1.82) is 0 Å². The third-order valence-corrected chi connectivity index (χ3v) is 2.77. The Bertz CT molecular complexity index is 339. The molecule has 2 heterocycles. The number of ether oxygens (including phenoxy) is 1. The lowest BCUT2D eigenvalue weighted by Crippen LogP contribution is -2.29. The van der Waals surface area contributed by atoms with E-state index in [1.807, 2.05) is 25.2 Å². The summed E-state index contributed by atoms with van der Waals surface area (Å²) >= 11 is 0. The molecule has 0 bridgehead atoms. The first-order valence-corrected chi connectivity index (χ1v) is 5.56. The molecular weight excluding hydrogens is 204 g/mol. The highest BCUT2D eigenvalue weighted by Gasteiger charge is 2.17. The summed E-state index contributed by atoms with van der Waals surface area (Å²) in [6.07, 6.45) is 2.64. The Hall–Kier alpha value is -1.33. The lowest BCUT2D eigenvalue weighted by Gasteiger charge is -2.22. The van der Waals surface area contributed by atoms with E-state index in [1.165, 1.54) is 0 Å². The second kappa shape index (κ2) is 5.14. The second-order valence-corrected chi connectivity index (χ2v) is 4.04. The molecule has 5 nitrogen and oxygen atoms in total. The molecule has 1 aromatic heterocycles. The summed E-state index contributed by atoms with van der Waals surface area (Å²) in [5.41, 5.74) is 2.55. The summed E-state index contributed by atoms with van der Waals surface area (Å²) in [5, 5.41) is 0. The lowest BCUT2D eigenvalue weighted by molar-refractivity contribution is 0.116. The molecule has 1 aromatic rings. The number of hydrogen-bond acceptors (Lipinski definition) is 5. The summed E-state index contributed by atoms with van der Waals surface area (Å²) in [6.45, 7) is 1.76. The average Bonchev–Trinajstić information content (AvgIpc) is 2.82. The molecule has 1 unspecified atom stereocenters. The molecule has 2 rings (SSSR count). The molecule has 0 aliphatic carbocycles. The highest BCUT2D eigenvalue weighted by Crippen LogP contribution is 2.17. The Morgan fingerprint density at radius 3 is 3.19 bits per heavy atom. The molecule has 3 N–H and O–H groups in total. The summed E-state index contributed by atoms with van der Waals surface area (Å²) in [6, 6.07) is 5.74. The topological polar surface area (TPSA) is 63.4 Å². The van der Waals surface area contributed by atoms with Crippen LogP contribution in [0.15, 0.2) is 18.2 Å². The van der Waals surface area contributed by atoms with Gasteiger partial charge in [0.05, 0.1) is 6.10 Å². The van der Waals surface area contributed by atoms with Gasteiger partial charge < -0.3 is 15.1 Å². The highest BCUT2D eigenvalue weighted by atomic mass is 16.5. The van der Waals surface area contributed by atoms with Crippen molar-refractivity contribution in [1.82, 2.24) is 4.98 Å². The number of likely N-dealkylation sites (N-methyl/N-ethyl adjacent to an activating group) is 1. The van der Waals surface area contributed by atoms with Gasteiger partial charge in [-0.25, -0.2) is 10.8 Å². The van der Waals surface area contributed by atoms with Crippen molar-refractivity contribution in [2.75, 3.05) is 30.5 Å². The van der Waals surface area contributed by atoms with E-state index in [0.717, 1.165) is 31.8 Å². The monoisotopic (exact) mass is 222 g/mol. The SMILES string of the molecule is CN(CC1CCCO1)c1cccc(NN)n1. The molecule has 88 valence electrons. The van der Waals surface area contributed by atoms with Crippen LogP contribution in [-0.4, -0.2) is 31.3 Å². The van der Waals surface area contributed by atoms with Crippen molar-refractivity contribution in [3.8, 4) is 0 Å². The zero-order chi connectivity index (χ0) is 11.4. The zero-order valence-electron chi connectivity index (χ0n) is 9.52. The molecular formula is C11H18N4O. The number of hydrazine groups is 1. The highest BCUT2D eigenvalue weighted by molar-refractivity contribution is 5.45. The molecule has 0 aromatic carbocycles. The van der Waals surface area contributed by atoms with Gasteiger partial charge in [-0.3, -0.25) is 0 Å². The third kappa shape index (κ3) is 2.62. The van der Waals surface area contributed by atoms with E-state index in [1.54, 1.807) is 0 Å². The van der Waals surface area contributed by atoms with Crippen molar-refractivity contribution in [3.63, 3.8) is 0 Å². The van der Waals surface area contributed by atoms with E-state index in [-0.39, 0.29) is 0 Å². The first kappa shape index (κ1) is 11.2. The quantitative estimate of drug-likeness (QED) is 0.587. The van der Waals surface area contributed by atoms with Gasteiger partial charge in [0, 0.05) is 20.2 Å². The van der Waals surface area contributed by atoms with Crippen LogP contribution in [0.5, 0.6) is 0 Å². The number of nitrogen functional groups attached to an aromatic ring is 1. The van der Waals surface area contributed by atoms with Gasteiger partial charge in [-0.1, -0.05) is 6.07 Å². The van der Waals surface area contributed by atoms with Crippen LogP contribution in [0.1, 0.15) is 12.8 Å². The van der Waals surface area contributed by atoms with Crippen molar-refractivity contribution in [3.05, 3.63) is 18.2 Å². The molecule has 0 amide bonds. The zero-order valence-corrected chi connectivity index (χ0v) is 9.52. The maximum atomic E-state index is 5.59. The fraction of sp³-hybridized carbons (Fsp3) is 0.545. The van der Waals surface area contributed by atoms with E-state index in [2.05, 4.69) is 15.3 Å². The molecule has 1 fully saturated rings. The minimum absolute atomic E-state index is 0.335. The Balaban J connectivity index is 1.98. The number of aromatic nitrogens is 1. The number of hydrogen-bond donors (Lipinski definition) is 2. The van der Waals surface area contributed by atoms with Gasteiger partial charge in [-0.05, 0) is 25.0 Å². The fourth-order valence-electron chi connectivity index (χ4n) is 1.90. The molecule has 0 saturated carbocycles. The van der Waals surface area contributed by atoms with Crippen LogP contribution in [0.2, 0.25) is 0 Å². The van der Waals surface area contributed by atoms with E-state index in [9.17, 15) is 0 Å². The van der Waals surface area contributed by atoms with Crippen LogP contribution in [0.3, 0.4) is 0 Å². The predicted octanol–water partition coefficient (Wildman–Crippen LogP) is 0.982. The predicted molar refractivity (Wildman–Crippen MR) is 64.3 cm³/mol. The fourth-order valence-corrected chi connectivity index (χ4v) is 1.90. The van der Waals surface area contributed by atoms with Gasteiger partial charge in [0.1, 0.15) is 11.6 Å². The van der Waals surface area contributed by atoms with Gasteiger partial charge in [0.25, 0.3) is 0 Å². The third-order valence-electron chi connectivity index (χ3n) is 2.77. The minimum atomic E-state index is 0.335. The molecule has 1 atom stereocenters. The molecule has 1 aliphatic rings. The van der Waals surface area contributed by atoms with Gasteiger partial charge in [0.15, 0.2) is 0 Å². The smallest absolute Gasteiger partial charge is 0.142 e. The van der Waals surface area contributed by atoms with Gasteiger partial charge in [-0.2, -0.15) is 0 Å². The number of nitrogens with zero attached hydrogens (tertiary/aromatic N) is 2. The number of anilines is 2. The number of nitrogens with two attached hydrogens (primary N) is 1. The first-order chi connectivity index (χ1) is 7.79. The number of rotatable bonds is 4. The second-order valence-electron chi connectivity index (χ2n) is 4.04. The molecule has 0 spiro atoms. The van der Waals surface area contributed by atoms with E-state index in [0.29, 0.717) is 11.9 Å². The van der Waals surface area contributed by atoms with Crippen molar-refractivity contribution >= 4 is 11.6 Å². The van der Waals surface area contributed by atoms with E-state index in [4.69, 9.17) is 10.6 Å². The maximum absolute atomic E-state index is 5.59. The average molecular weight is 222 g/mol. The van der Waals surface area contributed by atoms with E-state index >= 15 is 0 Å². The van der Waals surface area contributed by atoms with Crippen LogP contribution in [0.25, 0.3) is 0 Å². The van der Waals surface area contributed by atoms with Gasteiger partial charge in [-0.15, -0.1) is 0 Å². The van der Waals surface area contributed by atoms with Crippen LogP contribution in [-0.2, 0) is 4.74 Å². The van der Waals surface area contributed by atoms with Crippen LogP contribution in [0, 0.1) is 0 Å². The largest absolute Gasteiger partial charge is 0.376 e. The van der Waals surface area contributed by atoms with Crippen LogP contribution in [0.4, 0.5) is 11.6 Å². The molecule has 5 heteroatoms. The summed E-state index contributed by atoms with van der Waals surface area (Å²) in [4.78, 5) is 6.46. The Labute approximate surface area is 95.6 Å². The van der Waals surface area contributed by atoms with Gasteiger partial charge >= 0.3 is 0 Å². The molecule has 1 saturated heterocycles. The Morgan fingerprint density at radius 1 is 1.62 bits per heavy atom. The first-order valence-electron chi connectivity index (χ1n) is 5.56. The molecule has 0 radical (unpaired) electrons. The molecule has 16 heavy (non-hydrogen) atoms. The standard InChI is InChI=1S/C11H18N4O/c1-15(8-9-4-3-7-16-9)11-6-2-5-10(13-11)14-12/h2,5-6,9H,3-4,7-8,12H2,1H3,(H,13,14). The van der Waals surface area contributed by atoms with Crippen molar-refractivity contribution in [2.24, 2.45) is 5.84 Å². The van der Waals surface area contributed by atoms with Crippen molar-refractivity contribution in [2.45, 2.75) is 18.9 Å². The molecule has 1 aliphatic heterocycles. The van der Waals surface area contributed by atoms with Crippen LogP contribution < -0.4 is 16.2 Å². The Kier molecular flexibility index (Phi) is 3.58.